The van der Waals surface area contributed by atoms with Gasteiger partial charge in [-0.15, -0.1) is 11.3 Å². The summed E-state index contributed by atoms with van der Waals surface area (Å²) in [6, 6.07) is 4.92. The molecule has 1 N–H and O–H groups in total. The van der Waals surface area contributed by atoms with Gasteiger partial charge in [-0.1, -0.05) is 20.8 Å². The Hall–Kier alpha value is -0.340. The average Bonchev–Trinajstić information content (AvgIpc) is 2.49. The molecule has 0 saturated carbocycles. The standard InChI is InChI=1S/C13H23NS/c1-10-6-7-12(15-10)11(2)14-9-8-13(3,4)5/h6-7,11,14H,8-9H2,1-5H3. The molecule has 15 heavy (non-hydrogen) atoms. The van der Waals surface area contributed by atoms with E-state index in [0.29, 0.717) is 11.5 Å². The zero-order chi connectivity index (χ0) is 11.5. The molecular formula is C13H23NS. The lowest BCUT2D eigenvalue weighted by atomic mass is 9.92. The Morgan fingerprint density at radius 2 is 2.00 bits per heavy atom. The summed E-state index contributed by atoms with van der Waals surface area (Å²) < 4.78 is 0. The summed E-state index contributed by atoms with van der Waals surface area (Å²) in [5, 5.41) is 3.58. The number of hydrogen-bond acceptors (Lipinski definition) is 2. The summed E-state index contributed by atoms with van der Waals surface area (Å²) in [7, 11) is 0. The van der Waals surface area contributed by atoms with Crippen molar-refractivity contribution in [3.8, 4) is 0 Å². The molecule has 1 heterocycles. The third kappa shape index (κ3) is 4.80. The van der Waals surface area contributed by atoms with Crippen LogP contribution in [0.4, 0.5) is 0 Å². The quantitative estimate of drug-likeness (QED) is 0.812. The summed E-state index contributed by atoms with van der Waals surface area (Å²) in [4.78, 5) is 2.84. The fourth-order valence-electron chi connectivity index (χ4n) is 1.45. The first-order valence-electron chi connectivity index (χ1n) is 5.68. The van der Waals surface area contributed by atoms with Gasteiger partial charge in [-0.25, -0.2) is 0 Å². The van der Waals surface area contributed by atoms with Crippen LogP contribution in [0.3, 0.4) is 0 Å². The summed E-state index contributed by atoms with van der Waals surface area (Å²) in [5.41, 5.74) is 0.429. The van der Waals surface area contributed by atoms with Gasteiger partial charge in [0, 0.05) is 15.8 Å². The zero-order valence-electron chi connectivity index (χ0n) is 10.6. The lowest BCUT2D eigenvalue weighted by molar-refractivity contribution is 0.358. The second kappa shape index (κ2) is 5.13. The third-order valence-corrected chi connectivity index (χ3v) is 3.70. The van der Waals surface area contributed by atoms with E-state index in [0.717, 1.165) is 6.54 Å². The van der Waals surface area contributed by atoms with Crippen molar-refractivity contribution in [2.45, 2.75) is 47.1 Å². The maximum absolute atomic E-state index is 3.58. The van der Waals surface area contributed by atoms with Crippen LogP contribution in [-0.2, 0) is 0 Å². The Bertz CT molecular complexity index is 296. The molecule has 2 heteroatoms. The van der Waals surface area contributed by atoms with Gasteiger partial charge in [0.15, 0.2) is 0 Å². The van der Waals surface area contributed by atoms with Crippen molar-refractivity contribution in [3.05, 3.63) is 21.9 Å². The molecule has 1 atom stereocenters. The third-order valence-electron chi connectivity index (χ3n) is 2.51. The number of nitrogens with one attached hydrogen (secondary N) is 1. The van der Waals surface area contributed by atoms with Gasteiger partial charge < -0.3 is 5.32 Å². The predicted octanol–water partition coefficient (Wildman–Crippen LogP) is 4.14. The Labute approximate surface area is 97.9 Å². The van der Waals surface area contributed by atoms with E-state index in [1.54, 1.807) is 0 Å². The monoisotopic (exact) mass is 225 g/mol. The van der Waals surface area contributed by atoms with Gasteiger partial charge in [0.1, 0.15) is 0 Å². The van der Waals surface area contributed by atoms with Crippen molar-refractivity contribution in [3.63, 3.8) is 0 Å². The number of thiophene rings is 1. The first-order valence-corrected chi connectivity index (χ1v) is 6.50. The highest BCUT2D eigenvalue weighted by Gasteiger charge is 2.11. The van der Waals surface area contributed by atoms with Crippen molar-refractivity contribution in [1.29, 1.82) is 0 Å². The SMILES string of the molecule is Cc1ccc(C(C)NCCC(C)(C)C)s1. The van der Waals surface area contributed by atoms with Crippen LogP contribution >= 0.6 is 11.3 Å². The second-order valence-electron chi connectivity index (χ2n) is 5.43. The highest BCUT2D eigenvalue weighted by molar-refractivity contribution is 7.12. The van der Waals surface area contributed by atoms with Crippen LogP contribution in [0.15, 0.2) is 12.1 Å². The van der Waals surface area contributed by atoms with E-state index >= 15 is 0 Å². The summed E-state index contributed by atoms with van der Waals surface area (Å²) in [6.45, 7) is 12.4. The van der Waals surface area contributed by atoms with Crippen LogP contribution in [0, 0.1) is 12.3 Å². The molecule has 0 aromatic carbocycles. The van der Waals surface area contributed by atoms with Gasteiger partial charge in [-0.3, -0.25) is 0 Å². The largest absolute Gasteiger partial charge is 0.309 e. The first kappa shape index (κ1) is 12.7. The van der Waals surface area contributed by atoms with E-state index in [1.165, 1.54) is 16.2 Å². The molecule has 1 aromatic rings. The minimum Gasteiger partial charge on any atom is -0.309 e. The van der Waals surface area contributed by atoms with Gasteiger partial charge in [0.05, 0.1) is 0 Å². The molecule has 86 valence electrons. The van der Waals surface area contributed by atoms with Crippen LogP contribution in [-0.4, -0.2) is 6.54 Å². The Kier molecular flexibility index (Phi) is 4.35. The maximum Gasteiger partial charge on any atom is 0.0386 e. The molecule has 0 radical (unpaired) electrons. The molecular weight excluding hydrogens is 202 g/mol. The summed E-state index contributed by atoms with van der Waals surface area (Å²) in [6.07, 6.45) is 1.22. The molecule has 0 fully saturated rings. The number of rotatable bonds is 4. The molecule has 1 nitrogen and oxygen atoms in total. The topological polar surface area (TPSA) is 12.0 Å². The van der Waals surface area contributed by atoms with E-state index < -0.39 is 0 Å². The summed E-state index contributed by atoms with van der Waals surface area (Å²) >= 11 is 1.89. The second-order valence-corrected chi connectivity index (χ2v) is 6.75. The lowest BCUT2D eigenvalue weighted by Gasteiger charge is -2.20. The van der Waals surface area contributed by atoms with Crippen LogP contribution in [0.25, 0.3) is 0 Å². The van der Waals surface area contributed by atoms with Crippen LogP contribution in [0.2, 0.25) is 0 Å². The maximum atomic E-state index is 3.58. The molecule has 0 spiro atoms. The molecule has 0 aliphatic rings. The van der Waals surface area contributed by atoms with Gasteiger partial charge in [0.2, 0.25) is 0 Å². The van der Waals surface area contributed by atoms with E-state index in [4.69, 9.17) is 0 Å². The molecule has 0 saturated heterocycles. The smallest absolute Gasteiger partial charge is 0.0386 e. The number of hydrogen-bond donors (Lipinski definition) is 1. The minimum absolute atomic E-state index is 0.429. The van der Waals surface area contributed by atoms with Gasteiger partial charge in [-0.2, -0.15) is 0 Å². The fraction of sp³-hybridized carbons (Fsp3) is 0.692. The van der Waals surface area contributed by atoms with Crippen LogP contribution in [0.5, 0.6) is 0 Å². The van der Waals surface area contributed by atoms with Gasteiger partial charge >= 0.3 is 0 Å². The highest BCUT2D eigenvalue weighted by atomic mass is 32.1. The molecule has 0 aliphatic heterocycles. The van der Waals surface area contributed by atoms with Crippen molar-refractivity contribution < 1.29 is 0 Å². The Morgan fingerprint density at radius 3 is 2.47 bits per heavy atom. The van der Waals surface area contributed by atoms with Crippen molar-refractivity contribution in [2.24, 2.45) is 5.41 Å². The minimum atomic E-state index is 0.429. The summed E-state index contributed by atoms with van der Waals surface area (Å²) in [5.74, 6) is 0. The number of aryl methyl sites for hydroxylation is 1. The predicted molar refractivity (Wildman–Crippen MR) is 69.5 cm³/mol. The van der Waals surface area contributed by atoms with E-state index in [9.17, 15) is 0 Å². The Morgan fingerprint density at radius 1 is 1.33 bits per heavy atom. The fourth-order valence-corrected chi connectivity index (χ4v) is 2.35. The molecule has 1 rings (SSSR count). The molecule has 0 amide bonds. The normalized spacial score (nSPS) is 14.2. The highest BCUT2D eigenvalue weighted by Crippen LogP contribution is 2.23. The van der Waals surface area contributed by atoms with Gasteiger partial charge in [-0.05, 0) is 44.4 Å². The average molecular weight is 225 g/mol. The van der Waals surface area contributed by atoms with Crippen molar-refractivity contribution in [1.82, 2.24) is 5.32 Å². The zero-order valence-corrected chi connectivity index (χ0v) is 11.4. The van der Waals surface area contributed by atoms with Gasteiger partial charge in [0.25, 0.3) is 0 Å². The van der Waals surface area contributed by atoms with Crippen molar-refractivity contribution >= 4 is 11.3 Å². The molecule has 1 unspecified atom stereocenters. The lowest BCUT2D eigenvalue weighted by Crippen LogP contribution is -2.23. The van der Waals surface area contributed by atoms with Crippen LogP contribution in [0.1, 0.15) is 49.9 Å². The molecule has 0 aliphatic carbocycles. The molecule has 1 aromatic heterocycles. The van der Waals surface area contributed by atoms with E-state index in [1.807, 2.05) is 11.3 Å². The molecule has 0 bridgehead atoms. The first-order chi connectivity index (χ1) is 6.88. The van der Waals surface area contributed by atoms with E-state index in [-0.39, 0.29) is 0 Å². The van der Waals surface area contributed by atoms with E-state index in [2.05, 4.69) is 52.1 Å². The van der Waals surface area contributed by atoms with Crippen LogP contribution < -0.4 is 5.32 Å². The Balaban J connectivity index is 2.34. The van der Waals surface area contributed by atoms with Crippen molar-refractivity contribution in [2.75, 3.05) is 6.54 Å².